The van der Waals surface area contributed by atoms with Gasteiger partial charge in [-0.25, -0.2) is 9.78 Å². The first-order valence-corrected chi connectivity index (χ1v) is 12.5. The minimum Gasteiger partial charge on any atom is -0.465 e. The fourth-order valence-corrected chi connectivity index (χ4v) is 5.39. The number of fused-ring (bicyclic) bond motifs is 1. The number of benzene rings is 3. The van der Waals surface area contributed by atoms with Crippen LogP contribution in [0.1, 0.15) is 40.2 Å². The lowest BCUT2D eigenvalue weighted by Crippen LogP contribution is -2.45. The van der Waals surface area contributed by atoms with Crippen molar-refractivity contribution in [2.45, 2.75) is 24.8 Å². The third-order valence-electron chi connectivity index (χ3n) is 7.37. The second kappa shape index (κ2) is 9.58. The van der Waals surface area contributed by atoms with E-state index in [1.165, 1.54) is 12.7 Å². The first-order valence-electron chi connectivity index (χ1n) is 12.5. The van der Waals surface area contributed by atoms with Crippen molar-refractivity contribution >= 4 is 23.1 Å². The summed E-state index contributed by atoms with van der Waals surface area (Å²) in [6.45, 7) is 2.28. The molecular weight excluding hydrogens is 464 g/mol. The van der Waals surface area contributed by atoms with Gasteiger partial charge in [-0.2, -0.15) is 4.98 Å². The average molecular weight is 493 g/mol. The summed E-state index contributed by atoms with van der Waals surface area (Å²) >= 11 is 0. The van der Waals surface area contributed by atoms with Crippen LogP contribution in [0.3, 0.4) is 0 Å². The summed E-state index contributed by atoms with van der Waals surface area (Å²) in [5.74, 6) is 0.719. The van der Waals surface area contributed by atoms with Crippen LogP contribution in [-0.2, 0) is 16.7 Å². The zero-order valence-electron chi connectivity index (χ0n) is 20.7. The first-order chi connectivity index (χ1) is 18.2. The molecule has 37 heavy (non-hydrogen) atoms. The molecule has 2 aromatic heterocycles. The minimum atomic E-state index is -0.330. The fraction of sp³-hybridized carbons (Fsp3) is 0.233. The van der Waals surface area contributed by atoms with E-state index in [-0.39, 0.29) is 11.4 Å². The molecule has 7 heteroatoms. The lowest BCUT2D eigenvalue weighted by atomic mass is 9.72. The predicted molar refractivity (Wildman–Crippen MR) is 142 cm³/mol. The number of rotatable bonds is 6. The maximum Gasteiger partial charge on any atom is 0.337 e. The third-order valence-corrected chi connectivity index (χ3v) is 7.37. The number of esters is 1. The monoisotopic (exact) mass is 492 g/mol. The van der Waals surface area contributed by atoms with E-state index in [4.69, 9.17) is 19.1 Å². The van der Waals surface area contributed by atoms with Crippen molar-refractivity contribution in [2.24, 2.45) is 0 Å². The lowest BCUT2D eigenvalue weighted by molar-refractivity contribution is 0.0600. The van der Waals surface area contributed by atoms with Gasteiger partial charge >= 0.3 is 5.97 Å². The van der Waals surface area contributed by atoms with E-state index in [0.717, 1.165) is 48.4 Å². The Morgan fingerprint density at radius 2 is 1.70 bits per heavy atom. The number of nitrogens with zero attached hydrogens (tertiary/aromatic N) is 4. The first kappa shape index (κ1) is 23.0. The number of piperidine rings is 1. The fourth-order valence-electron chi connectivity index (χ4n) is 5.39. The van der Waals surface area contributed by atoms with Crippen LogP contribution < -0.4 is 4.90 Å². The van der Waals surface area contributed by atoms with E-state index in [1.807, 2.05) is 60.9 Å². The molecule has 0 saturated carbocycles. The summed E-state index contributed by atoms with van der Waals surface area (Å²) in [6.07, 6.45) is 5.69. The van der Waals surface area contributed by atoms with E-state index >= 15 is 0 Å². The number of methoxy groups -OCH3 is 1. The Morgan fingerprint density at radius 1 is 0.973 bits per heavy atom. The Balaban J connectivity index is 1.30. The van der Waals surface area contributed by atoms with Crippen LogP contribution in [0.15, 0.2) is 95.7 Å². The van der Waals surface area contributed by atoms with Gasteiger partial charge in [-0.15, -0.1) is 0 Å². The summed E-state index contributed by atoms with van der Waals surface area (Å²) < 4.78 is 13.1. The number of aromatic nitrogens is 3. The highest BCUT2D eigenvalue weighted by atomic mass is 16.5. The second-order valence-electron chi connectivity index (χ2n) is 9.47. The third kappa shape index (κ3) is 4.27. The molecule has 186 valence electrons. The summed E-state index contributed by atoms with van der Waals surface area (Å²) in [5.41, 5.74) is 4.36. The summed E-state index contributed by atoms with van der Waals surface area (Å²) in [4.78, 5) is 23.7. The molecule has 5 aromatic rings. The zero-order chi connectivity index (χ0) is 25.2. The summed E-state index contributed by atoms with van der Waals surface area (Å²) in [5, 5.41) is 0. The SMILES string of the molecule is COC(=O)c1ccc(Cn2ccnc2C2(c3ccccc3)CCN(c3nc4ccccc4o3)CC2)cc1. The van der Waals surface area contributed by atoms with Crippen LogP contribution in [0.5, 0.6) is 0 Å². The molecule has 0 N–H and O–H groups in total. The van der Waals surface area contributed by atoms with E-state index in [1.54, 1.807) is 0 Å². The number of imidazole rings is 1. The molecule has 0 atom stereocenters. The Hall–Kier alpha value is -4.39. The minimum absolute atomic E-state index is 0.237. The highest BCUT2D eigenvalue weighted by Crippen LogP contribution is 2.42. The van der Waals surface area contributed by atoms with E-state index < -0.39 is 0 Å². The number of hydrogen-bond donors (Lipinski definition) is 0. The van der Waals surface area contributed by atoms with Gasteiger partial charge in [0.2, 0.25) is 0 Å². The van der Waals surface area contributed by atoms with Crippen molar-refractivity contribution in [2.75, 3.05) is 25.1 Å². The lowest BCUT2D eigenvalue weighted by Gasteiger charge is -2.41. The summed E-state index contributed by atoms with van der Waals surface area (Å²) in [7, 11) is 1.40. The van der Waals surface area contributed by atoms with E-state index in [2.05, 4.69) is 39.8 Å². The normalized spacial score (nSPS) is 15.1. The molecule has 0 aliphatic carbocycles. The highest BCUT2D eigenvalue weighted by Gasteiger charge is 2.42. The Kier molecular flexibility index (Phi) is 5.96. The van der Waals surface area contributed by atoms with Gasteiger partial charge < -0.3 is 18.6 Å². The zero-order valence-corrected chi connectivity index (χ0v) is 20.7. The van der Waals surface area contributed by atoms with Crippen LogP contribution in [0.25, 0.3) is 11.1 Å². The summed E-state index contributed by atoms with van der Waals surface area (Å²) in [6, 6.07) is 26.8. The quantitative estimate of drug-likeness (QED) is 0.294. The van der Waals surface area contributed by atoms with E-state index in [9.17, 15) is 4.79 Å². The molecular formula is C30H28N4O3. The topological polar surface area (TPSA) is 73.4 Å². The average Bonchev–Trinajstić information content (AvgIpc) is 3.61. The molecule has 3 aromatic carbocycles. The Morgan fingerprint density at radius 3 is 2.43 bits per heavy atom. The molecule has 0 amide bonds. The predicted octanol–water partition coefficient (Wildman–Crippen LogP) is 5.45. The number of carbonyl (C=O) groups is 1. The van der Waals surface area contributed by atoms with Crippen LogP contribution in [0.2, 0.25) is 0 Å². The number of para-hydroxylation sites is 2. The number of anilines is 1. The van der Waals surface area contributed by atoms with Gasteiger partial charge in [-0.1, -0.05) is 54.6 Å². The number of oxazole rings is 1. The number of hydrogen-bond acceptors (Lipinski definition) is 6. The number of ether oxygens (including phenoxy) is 1. The van der Waals surface area contributed by atoms with Crippen LogP contribution in [-0.4, -0.2) is 40.7 Å². The molecule has 0 unspecified atom stereocenters. The van der Waals surface area contributed by atoms with Gasteiger partial charge in [-0.05, 0) is 48.2 Å². The molecule has 1 saturated heterocycles. The van der Waals surface area contributed by atoms with Crippen molar-refractivity contribution in [1.29, 1.82) is 0 Å². The molecule has 3 heterocycles. The maximum atomic E-state index is 11.8. The van der Waals surface area contributed by atoms with Gasteiger partial charge in [-0.3, -0.25) is 0 Å². The van der Waals surface area contributed by atoms with Crippen molar-refractivity contribution < 1.29 is 13.9 Å². The van der Waals surface area contributed by atoms with Crippen LogP contribution in [0, 0.1) is 0 Å². The molecule has 7 nitrogen and oxygen atoms in total. The van der Waals surface area contributed by atoms with Gasteiger partial charge in [0.15, 0.2) is 5.58 Å². The van der Waals surface area contributed by atoms with Crippen molar-refractivity contribution in [3.8, 4) is 0 Å². The molecule has 0 radical (unpaired) electrons. The van der Waals surface area contributed by atoms with Crippen molar-refractivity contribution in [1.82, 2.24) is 14.5 Å². The molecule has 1 aliphatic rings. The highest BCUT2D eigenvalue weighted by molar-refractivity contribution is 5.89. The Labute approximate surface area is 215 Å². The molecule has 1 aliphatic heterocycles. The molecule has 1 fully saturated rings. The molecule has 6 rings (SSSR count). The molecule has 0 bridgehead atoms. The van der Waals surface area contributed by atoms with Gasteiger partial charge in [0.05, 0.1) is 18.1 Å². The van der Waals surface area contributed by atoms with Crippen molar-refractivity contribution in [3.63, 3.8) is 0 Å². The van der Waals surface area contributed by atoms with Gasteiger partial charge in [0.1, 0.15) is 11.3 Å². The standard InChI is InChI=1S/C30H28N4O3/c1-36-27(35)23-13-11-22(12-14-23)21-34-20-17-31-28(34)30(24-7-3-2-4-8-24)15-18-33(19-16-30)29-32-25-9-5-6-10-26(25)37-29/h2-14,17,20H,15-16,18-19,21H2,1H3. The largest absolute Gasteiger partial charge is 0.465 e. The van der Waals surface area contributed by atoms with Crippen LogP contribution in [0.4, 0.5) is 6.01 Å². The van der Waals surface area contributed by atoms with E-state index in [0.29, 0.717) is 18.1 Å². The second-order valence-corrected chi connectivity index (χ2v) is 9.47. The van der Waals surface area contributed by atoms with Crippen LogP contribution >= 0.6 is 0 Å². The maximum absolute atomic E-state index is 11.8. The number of carbonyl (C=O) groups excluding carboxylic acids is 1. The van der Waals surface area contributed by atoms with Gasteiger partial charge in [0.25, 0.3) is 6.01 Å². The van der Waals surface area contributed by atoms with Gasteiger partial charge in [0, 0.05) is 32.0 Å². The molecule has 0 spiro atoms. The Bertz CT molecular complexity index is 1480. The van der Waals surface area contributed by atoms with Crippen molar-refractivity contribution in [3.05, 3.63) is 114 Å². The smallest absolute Gasteiger partial charge is 0.337 e.